The van der Waals surface area contributed by atoms with E-state index in [9.17, 15) is 4.79 Å². The molecule has 0 amide bonds. The van der Waals surface area contributed by atoms with Crippen LogP contribution in [0.25, 0.3) is 11.0 Å². The number of aryl methyl sites for hydroxylation is 1. The molecule has 136 valence electrons. The van der Waals surface area contributed by atoms with E-state index in [2.05, 4.69) is 22.2 Å². The van der Waals surface area contributed by atoms with Crippen molar-refractivity contribution in [3.8, 4) is 0 Å². The molecule has 0 saturated heterocycles. The van der Waals surface area contributed by atoms with Crippen LogP contribution in [0.3, 0.4) is 0 Å². The molecule has 0 aliphatic carbocycles. The number of nitrogen functional groups attached to an aromatic ring is 1. The summed E-state index contributed by atoms with van der Waals surface area (Å²) < 4.78 is 1.25. The van der Waals surface area contributed by atoms with Crippen LogP contribution in [0.1, 0.15) is 31.0 Å². The summed E-state index contributed by atoms with van der Waals surface area (Å²) in [6, 6.07) is 9.14. The Morgan fingerprint density at radius 2 is 2.08 bits per heavy atom. The number of para-hydroxylation sites is 1. The number of rotatable bonds is 7. The lowest BCUT2D eigenvalue weighted by molar-refractivity contribution is 0.108. The SMILES string of the molecule is CCCCOn1c(=O)cc(NCc2ccccc2N)c2c(C)ncnc21. The van der Waals surface area contributed by atoms with Gasteiger partial charge in [0.2, 0.25) is 0 Å². The molecular weight excluding hydrogens is 330 g/mol. The minimum absolute atomic E-state index is 0.268. The zero-order chi connectivity index (χ0) is 18.5. The smallest absolute Gasteiger partial charge is 0.287 e. The third-order valence-electron chi connectivity index (χ3n) is 4.19. The summed E-state index contributed by atoms with van der Waals surface area (Å²) in [7, 11) is 0. The zero-order valence-corrected chi connectivity index (χ0v) is 15.0. The summed E-state index contributed by atoms with van der Waals surface area (Å²) >= 11 is 0. The van der Waals surface area contributed by atoms with Crippen molar-refractivity contribution in [2.45, 2.75) is 33.2 Å². The summed E-state index contributed by atoms with van der Waals surface area (Å²) in [4.78, 5) is 26.7. The topological polar surface area (TPSA) is 95.1 Å². The molecule has 0 atom stereocenters. The van der Waals surface area contributed by atoms with E-state index < -0.39 is 0 Å². The van der Waals surface area contributed by atoms with Crippen molar-refractivity contribution < 1.29 is 4.84 Å². The second-order valence-corrected chi connectivity index (χ2v) is 6.09. The van der Waals surface area contributed by atoms with Crippen molar-refractivity contribution >= 4 is 22.4 Å². The Morgan fingerprint density at radius 3 is 2.85 bits per heavy atom. The van der Waals surface area contributed by atoms with Crippen molar-refractivity contribution in [2.75, 3.05) is 17.7 Å². The van der Waals surface area contributed by atoms with Crippen molar-refractivity contribution in [1.82, 2.24) is 14.7 Å². The number of hydrogen-bond donors (Lipinski definition) is 2. The van der Waals surface area contributed by atoms with E-state index in [0.717, 1.165) is 29.5 Å². The van der Waals surface area contributed by atoms with E-state index in [4.69, 9.17) is 10.6 Å². The number of fused-ring (bicyclic) bond motifs is 1. The number of benzene rings is 1. The molecule has 3 rings (SSSR count). The Hall–Kier alpha value is -3.09. The average Bonchev–Trinajstić information content (AvgIpc) is 2.63. The van der Waals surface area contributed by atoms with Gasteiger partial charge in [-0.3, -0.25) is 4.79 Å². The lowest BCUT2D eigenvalue weighted by Crippen LogP contribution is -2.29. The largest absolute Gasteiger partial charge is 0.409 e. The number of unbranched alkanes of at least 4 members (excludes halogenated alkanes) is 1. The van der Waals surface area contributed by atoms with Crippen LogP contribution < -0.4 is 21.4 Å². The van der Waals surface area contributed by atoms with Gasteiger partial charge in [0.15, 0.2) is 5.65 Å². The summed E-state index contributed by atoms with van der Waals surface area (Å²) in [5.41, 5.74) is 9.29. The molecule has 0 aliphatic rings. The van der Waals surface area contributed by atoms with E-state index >= 15 is 0 Å². The van der Waals surface area contributed by atoms with Gasteiger partial charge in [-0.05, 0) is 25.0 Å². The third kappa shape index (κ3) is 3.61. The van der Waals surface area contributed by atoms with Crippen LogP contribution in [0, 0.1) is 6.92 Å². The van der Waals surface area contributed by atoms with Gasteiger partial charge in [-0.25, -0.2) is 9.97 Å². The Morgan fingerprint density at radius 1 is 1.27 bits per heavy atom. The predicted molar refractivity (Wildman–Crippen MR) is 103 cm³/mol. The molecule has 7 nitrogen and oxygen atoms in total. The molecule has 0 saturated carbocycles. The van der Waals surface area contributed by atoms with Crippen molar-refractivity contribution in [2.24, 2.45) is 0 Å². The molecule has 2 aromatic heterocycles. The van der Waals surface area contributed by atoms with Gasteiger partial charge in [-0.15, -0.1) is 4.73 Å². The highest BCUT2D eigenvalue weighted by molar-refractivity contribution is 5.90. The molecule has 2 heterocycles. The van der Waals surface area contributed by atoms with Crippen LogP contribution in [0.4, 0.5) is 11.4 Å². The first-order valence-electron chi connectivity index (χ1n) is 8.69. The summed E-state index contributed by atoms with van der Waals surface area (Å²) in [5, 5.41) is 4.05. The minimum atomic E-state index is -0.268. The number of anilines is 2. The van der Waals surface area contributed by atoms with Gasteiger partial charge in [0.25, 0.3) is 5.56 Å². The molecule has 3 aromatic rings. The molecule has 3 N–H and O–H groups in total. The van der Waals surface area contributed by atoms with Gasteiger partial charge in [0.05, 0.1) is 16.8 Å². The zero-order valence-electron chi connectivity index (χ0n) is 15.0. The number of hydrogen-bond acceptors (Lipinski definition) is 6. The maximum absolute atomic E-state index is 12.6. The fourth-order valence-corrected chi connectivity index (χ4v) is 2.74. The molecule has 26 heavy (non-hydrogen) atoms. The Bertz CT molecular complexity index is 968. The van der Waals surface area contributed by atoms with Crippen LogP contribution in [0.15, 0.2) is 41.5 Å². The monoisotopic (exact) mass is 353 g/mol. The fraction of sp³-hybridized carbons (Fsp3) is 0.316. The predicted octanol–water partition coefficient (Wildman–Crippen LogP) is 2.52. The first kappa shape index (κ1) is 17.7. The van der Waals surface area contributed by atoms with Crippen LogP contribution in [0.5, 0.6) is 0 Å². The van der Waals surface area contributed by atoms with Gasteiger partial charge in [-0.1, -0.05) is 31.5 Å². The van der Waals surface area contributed by atoms with Crippen molar-refractivity contribution in [1.29, 1.82) is 0 Å². The average molecular weight is 353 g/mol. The quantitative estimate of drug-likeness (QED) is 0.501. The normalized spacial score (nSPS) is 10.8. The maximum atomic E-state index is 12.6. The molecule has 0 radical (unpaired) electrons. The summed E-state index contributed by atoms with van der Waals surface area (Å²) in [6.07, 6.45) is 3.29. The number of nitrogens with one attached hydrogen (secondary N) is 1. The Balaban J connectivity index is 1.99. The molecule has 0 bridgehead atoms. The van der Waals surface area contributed by atoms with E-state index in [1.807, 2.05) is 31.2 Å². The molecule has 7 heteroatoms. The first-order chi connectivity index (χ1) is 12.6. The molecule has 1 aromatic carbocycles. The van der Waals surface area contributed by atoms with Gasteiger partial charge in [0.1, 0.15) is 12.9 Å². The molecular formula is C19H23N5O2. The van der Waals surface area contributed by atoms with E-state index in [1.165, 1.54) is 17.1 Å². The van der Waals surface area contributed by atoms with Crippen molar-refractivity contribution in [3.63, 3.8) is 0 Å². The highest BCUT2D eigenvalue weighted by Gasteiger charge is 2.14. The third-order valence-corrected chi connectivity index (χ3v) is 4.19. The molecule has 0 aliphatic heterocycles. The van der Waals surface area contributed by atoms with Crippen LogP contribution in [-0.2, 0) is 6.54 Å². The maximum Gasteiger partial charge on any atom is 0.287 e. The Labute approximate surface area is 151 Å². The molecule has 0 unspecified atom stereocenters. The number of nitrogens with zero attached hydrogens (tertiary/aromatic N) is 3. The highest BCUT2D eigenvalue weighted by atomic mass is 16.7. The second kappa shape index (κ2) is 7.86. The van der Waals surface area contributed by atoms with Crippen LogP contribution in [0.2, 0.25) is 0 Å². The molecule has 0 spiro atoms. The lowest BCUT2D eigenvalue weighted by atomic mass is 10.1. The first-order valence-corrected chi connectivity index (χ1v) is 8.69. The van der Waals surface area contributed by atoms with Gasteiger partial charge in [0, 0.05) is 18.3 Å². The minimum Gasteiger partial charge on any atom is -0.409 e. The van der Waals surface area contributed by atoms with E-state index in [1.54, 1.807) is 0 Å². The number of aromatic nitrogens is 3. The van der Waals surface area contributed by atoms with Crippen LogP contribution in [-0.4, -0.2) is 21.3 Å². The van der Waals surface area contributed by atoms with E-state index in [0.29, 0.717) is 30.2 Å². The lowest BCUT2D eigenvalue weighted by Gasteiger charge is -2.15. The summed E-state index contributed by atoms with van der Waals surface area (Å²) in [6.45, 7) is 4.91. The van der Waals surface area contributed by atoms with E-state index in [-0.39, 0.29) is 5.56 Å². The second-order valence-electron chi connectivity index (χ2n) is 6.09. The Kier molecular flexibility index (Phi) is 5.36. The van der Waals surface area contributed by atoms with Crippen molar-refractivity contribution in [3.05, 3.63) is 58.3 Å². The molecule has 0 fully saturated rings. The van der Waals surface area contributed by atoms with Gasteiger partial charge >= 0.3 is 0 Å². The highest BCUT2D eigenvalue weighted by Crippen LogP contribution is 2.23. The summed E-state index contributed by atoms with van der Waals surface area (Å²) in [5.74, 6) is 0. The van der Waals surface area contributed by atoms with Crippen LogP contribution >= 0.6 is 0 Å². The number of nitrogens with two attached hydrogens (primary N) is 1. The number of pyridine rings is 1. The van der Waals surface area contributed by atoms with Gasteiger partial charge in [-0.2, -0.15) is 0 Å². The fourth-order valence-electron chi connectivity index (χ4n) is 2.74. The standard InChI is InChI=1S/C19H23N5O2/c1-3-4-9-26-24-17(25)10-16(18-13(2)22-12-23-19(18)24)21-11-14-7-5-6-8-15(14)20/h5-8,10,12,21H,3-4,9,11,20H2,1-2H3. The van der Waals surface area contributed by atoms with Gasteiger partial charge < -0.3 is 15.9 Å².